The molecule has 9 nitrogen and oxygen atoms in total. The van der Waals surface area contributed by atoms with Crippen molar-refractivity contribution < 1.29 is 41.1 Å². The summed E-state index contributed by atoms with van der Waals surface area (Å²) in [5.74, 6) is -3.74. The Morgan fingerprint density at radius 1 is 1.12 bits per heavy atom. The van der Waals surface area contributed by atoms with Crippen molar-refractivity contribution in [3.63, 3.8) is 0 Å². The third kappa shape index (κ3) is 6.37. The van der Waals surface area contributed by atoms with Crippen LogP contribution in [0.3, 0.4) is 0 Å². The monoisotopic (exact) mass is 617 g/mol. The number of amides is 4. The molecule has 1 atom stereocenters. The highest BCUT2D eigenvalue weighted by molar-refractivity contribution is 6.31. The van der Waals surface area contributed by atoms with E-state index >= 15 is 0 Å². The number of nitrogens with zero attached hydrogens (tertiary/aromatic N) is 5. The number of hydrogen-bond acceptors (Lipinski definition) is 5. The van der Waals surface area contributed by atoms with Gasteiger partial charge in [-0.25, -0.2) is 23.4 Å². The van der Waals surface area contributed by atoms with Gasteiger partial charge >= 0.3 is 18.3 Å². The number of benzene rings is 1. The van der Waals surface area contributed by atoms with Crippen LogP contribution in [0.2, 0.25) is 5.02 Å². The zero-order valence-corrected chi connectivity index (χ0v) is 24.2. The molecule has 0 radical (unpaired) electrons. The highest BCUT2D eigenvalue weighted by Gasteiger charge is 2.47. The zero-order valence-electron chi connectivity index (χ0n) is 23.4. The molecule has 42 heavy (non-hydrogen) atoms. The fraction of sp³-hybridized carbons (Fsp3) is 0.481. The van der Waals surface area contributed by atoms with Gasteiger partial charge in [0.1, 0.15) is 28.3 Å². The van der Waals surface area contributed by atoms with Gasteiger partial charge in [-0.3, -0.25) is 9.69 Å². The van der Waals surface area contributed by atoms with Gasteiger partial charge < -0.3 is 19.4 Å². The highest BCUT2D eigenvalue weighted by Crippen LogP contribution is 2.35. The van der Waals surface area contributed by atoms with Gasteiger partial charge in [0.25, 0.3) is 5.91 Å². The predicted molar refractivity (Wildman–Crippen MR) is 143 cm³/mol. The second kappa shape index (κ2) is 11.2. The molecular weight excluding hydrogens is 589 g/mol. The van der Waals surface area contributed by atoms with Gasteiger partial charge in [-0.2, -0.15) is 13.2 Å². The number of urea groups is 1. The summed E-state index contributed by atoms with van der Waals surface area (Å²) in [6, 6.07) is 1.11. The van der Waals surface area contributed by atoms with Crippen molar-refractivity contribution >= 4 is 41.1 Å². The minimum absolute atomic E-state index is 0.0472. The molecule has 4 amide bonds. The second-order valence-corrected chi connectivity index (χ2v) is 11.6. The maximum Gasteiger partial charge on any atom is 0.416 e. The van der Waals surface area contributed by atoms with Crippen LogP contribution in [0, 0.1) is 24.5 Å². The first-order chi connectivity index (χ1) is 19.4. The number of carbonyl (C=O) groups is 3. The van der Waals surface area contributed by atoms with Gasteiger partial charge in [0, 0.05) is 38.3 Å². The molecule has 2 aliphatic heterocycles. The fourth-order valence-corrected chi connectivity index (χ4v) is 4.94. The molecule has 1 aromatic heterocycles. The third-order valence-electron chi connectivity index (χ3n) is 6.77. The van der Waals surface area contributed by atoms with E-state index in [1.54, 1.807) is 20.8 Å². The van der Waals surface area contributed by atoms with Crippen molar-refractivity contribution in [2.75, 3.05) is 43.0 Å². The van der Waals surface area contributed by atoms with E-state index in [0.29, 0.717) is 6.07 Å². The molecule has 0 spiro atoms. The third-order valence-corrected chi connectivity index (χ3v) is 7.12. The lowest BCUT2D eigenvalue weighted by molar-refractivity contribution is -0.137. The Hall–Kier alpha value is -3.68. The van der Waals surface area contributed by atoms with Crippen LogP contribution in [0.5, 0.6) is 0 Å². The van der Waals surface area contributed by atoms with E-state index in [9.17, 15) is 36.3 Å². The highest BCUT2D eigenvalue weighted by atomic mass is 35.5. The molecule has 4 rings (SSSR count). The molecular formula is C27H29ClF5N5O4. The summed E-state index contributed by atoms with van der Waals surface area (Å²) in [6.07, 6.45) is -5.28. The van der Waals surface area contributed by atoms with E-state index in [1.807, 2.05) is 0 Å². The molecule has 2 fully saturated rings. The summed E-state index contributed by atoms with van der Waals surface area (Å²) < 4.78 is 74.7. The van der Waals surface area contributed by atoms with Gasteiger partial charge in [0.15, 0.2) is 5.82 Å². The number of aryl methyl sites for hydroxylation is 1. The van der Waals surface area contributed by atoms with E-state index in [-0.39, 0.29) is 37.8 Å². The zero-order chi connectivity index (χ0) is 31.3. The summed E-state index contributed by atoms with van der Waals surface area (Å²) in [5.41, 5.74) is -2.21. The lowest BCUT2D eigenvalue weighted by Crippen LogP contribution is -2.55. The van der Waals surface area contributed by atoms with Crippen LogP contribution in [0.1, 0.15) is 32.0 Å². The Kier molecular flexibility index (Phi) is 8.33. The second-order valence-electron chi connectivity index (χ2n) is 11.3. The van der Waals surface area contributed by atoms with Crippen LogP contribution in [-0.2, 0) is 15.7 Å². The summed E-state index contributed by atoms with van der Waals surface area (Å²) in [4.78, 5) is 48.0. The first-order valence-corrected chi connectivity index (χ1v) is 13.3. The maximum atomic E-state index is 14.8. The number of ether oxygens (including phenoxy) is 1. The average molecular weight is 618 g/mol. The van der Waals surface area contributed by atoms with E-state index < -0.39 is 69.6 Å². The maximum absolute atomic E-state index is 14.8. The molecule has 15 heteroatoms. The van der Waals surface area contributed by atoms with Crippen LogP contribution in [-0.4, -0.2) is 77.7 Å². The molecule has 0 saturated carbocycles. The van der Waals surface area contributed by atoms with Crippen LogP contribution >= 0.6 is 11.6 Å². The Morgan fingerprint density at radius 2 is 1.76 bits per heavy atom. The number of hydrogen-bond donors (Lipinski definition) is 0. The fourth-order valence-electron chi connectivity index (χ4n) is 4.78. The topological polar surface area (TPSA) is 86.3 Å². The van der Waals surface area contributed by atoms with Crippen molar-refractivity contribution in [1.29, 1.82) is 0 Å². The van der Waals surface area contributed by atoms with Crippen LogP contribution < -0.4 is 9.80 Å². The number of rotatable bonds is 5. The smallest absolute Gasteiger partial charge is 0.416 e. The van der Waals surface area contributed by atoms with Gasteiger partial charge in [0.2, 0.25) is 0 Å². The summed E-state index contributed by atoms with van der Waals surface area (Å²) in [7, 11) is 1.18. The Balaban J connectivity index is 1.62. The first kappa shape index (κ1) is 31.3. The van der Waals surface area contributed by atoms with Crippen LogP contribution in [0.15, 0.2) is 24.3 Å². The molecule has 2 aliphatic rings. The molecule has 2 aromatic rings. The molecule has 0 N–H and O–H groups in total. The summed E-state index contributed by atoms with van der Waals surface area (Å²) in [5, 5.41) is -0.845. The van der Waals surface area contributed by atoms with Gasteiger partial charge in [-0.15, -0.1) is 0 Å². The molecule has 228 valence electrons. The number of halogens is 6. The van der Waals surface area contributed by atoms with Crippen LogP contribution in [0.4, 0.5) is 43.0 Å². The number of carbonyl (C=O) groups excluding carboxylic acids is 3. The van der Waals surface area contributed by atoms with Crippen molar-refractivity contribution in [3.05, 3.63) is 52.2 Å². The minimum Gasteiger partial charge on any atom is -0.444 e. The average Bonchev–Trinajstić information content (AvgIpc) is 3.17. The first-order valence-electron chi connectivity index (χ1n) is 12.9. The molecule has 0 aliphatic carbocycles. The lowest BCUT2D eigenvalue weighted by atomic mass is 10.0. The summed E-state index contributed by atoms with van der Waals surface area (Å²) in [6.45, 7) is 6.83. The molecule has 1 aromatic carbocycles. The quantitative estimate of drug-likeness (QED) is 0.328. The Labute approximate surface area is 243 Å². The molecule has 3 heterocycles. The van der Waals surface area contributed by atoms with Crippen molar-refractivity contribution in [2.24, 2.45) is 5.92 Å². The minimum atomic E-state index is -4.76. The van der Waals surface area contributed by atoms with Crippen LogP contribution in [0.25, 0.3) is 0 Å². The van der Waals surface area contributed by atoms with E-state index in [2.05, 4.69) is 4.98 Å². The van der Waals surface area contributed by atoms with E-state index in [4.69, 9.17) is 16.3 Å². The Morgan fingerprint density at radius 3 is 2.36 bits per heavy atom. The summed E-state index contributed by atoms with van der Waals surface area (Å²) >= 11 is 5.67. The standard InChI is InChI=1S/C27H29ClF5N5O4/c1-14-8-16(27(31,32)33)9-20(34-14)38-19(23(39)35(5)18-7-6-17(29)21(28)22(18)30)13-36(24(38)40)10-15-11-37(12-15)25(41)42-26(2,3)4/h6-9,15,19H,10-13H2,1-5H3. The number of likely N-dealkylation sites (N-methyl/N-ethyl adjacent to an activating group) is 1. The van der Waals surface area contributed by atoms with Crippen molar-refractivity contribution in [3.8, 4) is 0 Å². The number of aromatic nitrogens is 1. The van der Waals surface area contributed by atoms with Crippen molar-refractivity contribution in [2.45, 2.75) is 45.5 Å². The molecule has 1 unspecified atom stereocenters. The normalized spacial score (nSPS) is 17.9. The van der Waals surface area contributed by atoms with E-state index in [0.717, 1.165) is 28.0 Å². The van der Waals surface area contributed by atoms with Gasteiger partial charge in [-0.05, 0) is 52.0 Å². The van der Waals surface area contributed by atoms with Gasteiger partial charge in [0.05, 0.1) is 17.8 Å². The predicted octanol–water partition coefficient (Wildman–Crippen LogP) is 5.48. The van der Waals surface area contributed by atoms with E-state index in [1.165, 1.54) is 23.8 Å². The number of pyridine rings is 1. The van der Waals surface area contributed by atoms with Gasteiger partial charge in [-0.1, -0.05) is 11.6 Å². The lowest BCUT2D eigenvalue weighted by Gasteiger charge is -2.41. The number of alkyl halides is 3. The van der Waals surface area contributed by atoms with Crippen molar-refractivity contribution in [1.82, 2.24) is 14.8 Å². The number of anilines is 2. The number of likely N-dealkylation sites (tertiary alicyclic amines) is 1. The molecule has 0 bridgehead atoms. The Bertz CT molecular complexity index is 1410. The molecule has 2 saturated heterocycles. The SMILES string of the molecule is Cc1cc(C(F)(F)F)cc(N2C(=O)N(CC3CN(C(=O)OC(C)(C)C)C3)CC2C(=O)N(C)c2ccc(F)c(Cl)c2F)n1. The largest absolute Gasteiger partial charge is 0.444 e.